The maximum atomic E-state index is 14.8. The standard InChI is InChI=1S/C32H32F2N4O2/c1-4-32(2,3)29(37-31(39)24-12-8-9-13-28(24)40-23-17-35-18-23)30-36-27(25-16-22(33)14-15-26(25)34)20-38(30)19-21-10-6-5-7-11-21/h4-16,20,23,29,35H,1,17-19H2,2-3H3,(H,37,39). The van der Waals surface area contributed by atoms with Crippen LogP contribution in [0.5, 0.6) is 5.75 Å². The van der Waals surface area contributed by atoms with Crippen molar-refractivity contribution in [2.24, 2.45) is 5.41 Å². The summed E-state index contributed by atoms with van der Waals surface area (Å²) in [5.74, 6) is -0.503. The highest BCUT2D eigenvalue weighted by atomic mass is 19.1. The lowest BCUT2D eigenvalue weighted by molar-refractivity contribution is 0.0892. The summed E-state index contributed by atoms with van der Waals surface area (Å²) in [6.45, 7) is 9.74. The van der Waals surface area contributed by atoms with Crippen molar-refractivity contribution >= 4 is 5.91 Å². The molecule has 206 valence electrons. The van der Waals surface area contributed by atoms with E-state index in [2.05, 4.69) is 17.2 Å². The van der Waals surface area contributed by atoms with Crippen molar-refractivity contribution in [1.82, 2.24) is 20.2 Å². The summed E-state index contributed by atoms with van der Waals surface area (Å²) >= 11 is 0. The molecule has 1 amide bonds. The first-order valence-corrected chi connectivity index (χ1v) is 13.2. The first-order chi connectivity index (χ1) is 19.2. The predicted molar refractivity (Wildman–Crippen MR) is 151 cm³/mol. The van der Waals surface area contributed by atoms with E-state index in [0.29, 0.717) is 23.7 Å². The Balaban J connectivity index is 1.57. The summed E-state index contributed by atoms with van der Waals surface area (Å²) < 4.78 is 36.9. The SMILES string of the molecule is C=CC(C)(C)C(NC(=O)c1ccccc1OC1CNC1)c1nc(-c2cc(F)ccc2F)cn1Cc1ccccc1. The first-order valence-electron chi connectivity index (χ1n) is 13.2. The fourth-order valence-electron chi connectivity index (χ4n) is 4.58. The van der Waals surface area contributed by atoms with Crippen LogP contribution in [-0.4, -0.2) is 34.7 Å². The molecule has 1 aliphatic heterocycles. The van der Waals surface area contributed by atoms with Crippen LogP contribution >= 0.6 is 0 Å². The highest BCUT2D eigenvalue weighted by Gasteiger charge is 2.35. The highest BCUT2D eigenvalue weighted by molar-refractivity contribution is 5.97. The van der Waals surface area contributed by atoms with E-state index in [0.717, 1.165) is 36.9 Å². The van der Waals surface area contributed by atoms with Gasteiger partial charge in [-0.25, -0.2) is 13.8 Å². The van der Waals surface area contributed by atoms with Gasteiger partial charge in [0.1, 0.15) is 29.3 Å². The largest absolute Gasteiger partial charge is 0.487 e. The lowest BCUT2D eigenvalue weighted by Crippen LogP contribution is -2.50. The third-order valence-electron chi connectivity index (χ3n) is 7.18. The lowest BCUT2D eigenvalue weighted by atomic mass is 9.83. The van der Waals surface area contributed by atoms with Gasteiger partial charge in [-0.2, -0.15) is 0 Å². The van der Waals surface area contributed by atoms with E-state index in [-0.39, 0.29) is 23.3 Å². The number of carbonyl (C=O) groups excluding carboxylic acids is 1. The summed E-state index contributed by atoms with van der Waals surface area (Å²) in [4.78, 5) is 18.5. The minimum absolute atomic E-state index is 0.00265. The van der Waals surface area contributed by atoms with Crippen LogP contribution in [0.3, 0.4) is 0 Å². The van der Waals surface area contributed by atoms with Crippen molar-refractivity contribution in [2.45, 2.75) is 32.5 Å². The second-order valence-electron chi connectivity index (χ2n) is 10.5. The zero-order chi connectivity index (χ0) is 28.3. The predicted octanol–water partition coefficient (Wildman–Crippen LogP) is 5.91. The number of hydrogen-bond acceptors (Lipinski definition) is 4. The molecule has 0 aliphatic carbocycles. The second-order valence-corrected chi connectivity index (χ2v) is 10.5. The van der Waals surface area contributed by atoms with Gasteiger partial charge in [0.15, 0.2) is 0 Å². The van der Waals surface area contributed by atoms with Crippen molar-refractivity contribution in [1.29, 1.82) is 0 Å². The zero-order valence-corrected chi connectivity index (χ0v) is 22.5. The quantitative estimate of drug-likeness (QED) is 0.245. The number of aromatic nitrogens is 2. The number of nitrogens with one attached hydrogen (secondary N) is 2. The molecule has 0 saturated carbocycles. The van der Waals surface area contributed by atoms with Crippen LogP contribution in [0.2, 0.25) is 0 Å². The first kappa shape index (κ1) is 27.3. The maximum Gasteiger partial charge on any atom is 0.255 e. The minimum atomic E-state index is -0.666. The van der Waals surface area contributed by atoms with E-state index in [4.69, 9.17) is 9.72 Å². The van der Waals surface area contributed by atoms with Gasteiger partial charge < -0.3 is 19.9 Å². The second kappa shape index (κ2) is 11.4. The normalized spacial score (nSPS) is 14.3. The molecule has 3 aromatic carbocycles. The van der Waals surface area contributed by atoms with Crippen LogP contribution in [-0.2, 0) is 6.54 Å². The molecule has 5 rings (SSSR count). The number of imidazole rings is 1. The number of hydrogen-bond donors (Lipinski definition) is 2. The summed E-state index contributed by atoms with van der Waals surface area (Å²) in [6, 6.07) is 19.5. The van der Waals surface area contributed by atoms with Crippen molar-refractivity contribution in [3.63, 3.8) is 0 Å². The van der Waals surface area contributed by atoms with Gasteiger partial charge in [-0.15, -0.1) is 6.58 Å². The molecular formula is C32H32F2N4O2. The van der Waals surface area contributed by atoms with Crippen LogP contribution in [0.4, 0.5) is 8.78 Å². The fourth-order valence-corrected chi connectivity index (χ4v) is 4.58. The van der Waals surface area contributed by atoms with E-state index in [1.165, 1.54) is 0 Å². The van der Waals surface area contributed by atoms with Gasteiger partial charge in [-0.1, -0.05) is 62.4 Å². The zero-order valence-electron chi connectivity index (χ0n) is 22.5. The number of benzene rings is 3. The monoisotopic (exact) mass is 542 g/mol. The number of nitrogens with zero attached hydrogens (tertiary/aromatic N) is 2. The molecule has 0 spiro atoms. The molecule has 1 aromatic heterocycles. The molecule has 8 heteroatoms. The minimum Gasteiger partial charge on any atom is -0.487 e. The molecule has 4 aromatic rings. The number of halogens is 2. The Morgan fingerprint density at radius 3 is 2.58 bits per heavy atom. The Bertz CT molecular complexity index is 1510. The number of rotatable bonds is 10. The van der Waals surface area contributed by atoms with Crippen LogP contribution in [0.1, 0.15) is 41.6 Å². The van der Waals surface area contributed by atoms with Crippen LogP contribution < -0.4 is 15.4 Å². The van der Waals surface area contributed by atoms with Crippen molar-refractivity contribution in [3.8, 4) is 17.0 Å². The molecule has 1 aliphatic rings. The highest BCUT2D eigenvalue weighted by Crippen LogP contribution is 2.37. The Kier molecular flexibility index (Phi) is 7.80. The van der Waals surface area contributed by atoms with Crippen LogP contribution in [0, 0.1) is 17.0 Å². The lowest BCUT2D eigenvalue weighted by Gasteiger charge is -2.33. The molecule has 1 fully saturated rings. The molecule has 1 saturated heterocycles. The molecule has 2 heterocycles. The topological polar surface area (TPSA) is 68.2 Å². The summed E-state index contributed by atoms with van der Waals surface area (Å²) in [7, 11) is 0. The van der Waals surface area contributed by atoms with Gasteiger partial charge >= 0.3 is 0 Å². The van der Waals surface area contributed by atoms with Gasteiger partial charge in [0, 0.05) is 36.8 Å². The Labute approximate surface area is 232 Å². The van der Waals surface area contributed by atoms with Crippen molar-refractivity contribution in [2.75, 3.05) is 13.1 Å². The number of para-hydroxylation sites is 1. The van der Waals surface area contributed by atoms with Crippen LogP contribution in [0.25, 0.3) is 11.3 Å². The van der Waals surface area contributed by atoms with E-state index < -0.39 is 23.1 Å². The summed E-state index contributed by atoms with van der Waals surface area (Å²) in [5.41, 5.74) is 1.03. The van der Waals surface area contributed by atoms with E-state index in [1.54, 1.807) is 30.5 Å². The van der Waals surface area contributed by atoms with Gasteiger partial charge in [0.25, 0.3) is 5.91 Å². The fraction of sp³-hybridized carbons (Fsp3) is 0.250. The maximum absolute atomic E-state index is 14.8. The van der Waals surface area contributed by atoms with Crippen LogP contribution in [0.15, 0.2) is 91.6 Å². The van der Waals surface area contributed by atoms with Gasteiger partial charge in [-0.05, 0) is 35.9 Å². The summed E-state index contributed by atoms with van der Waals surface area (Å²) in [6.07, 6.45) is 3.45. The molecule has 1 unspecified atom stereocenters. The summed E-state index contributed by atoms with van der Waals surface area (Å²) in [5, 5.41) is 6.31. The Hall–Kier alpha value is -4.30. The number of carbonyl (C=O) groups is 1. The molecule has 0 radical (unpaired) electrons. The molecule has 40 heavy (non-hydrogen) atoms. The van der Waals surface area contributed by atoms with Crippen molar-refractivity contribution < 1.29 is 18.3 Å². The molecule has 1 atom stereocenters. The van der Waals surface area contributed by atoms with Crippen molar-refractivity contribution in [3.05, 3.63) is 120 Å². The third-order valence-corrected chi connectivity index (χ3v) is 7.18. The molecular weight excluding hydrogens is 510 g/mol. The average molecular weight is 543 g/mol. The van der Waals surface area contributed by atoms with E-state index >= 15 is 0 Å². The van der Waals surface area contributed by atoms with Gasteiger partial charge in [-0.3, -0.25) is 4.79 Å². The van der Waals surface area contributed by atoms with E-state index in [1.807, 2.05) is 54.8 Å². The van der Waals surface area contributed by atoms with Gasteiger partial charge in [0.2, 0.25) is 0 Å². The van der Waals surface area contributed by atoms with Gasteiger partial charge in [0.05, 0.1) is 17.3 Å². The third kappa shape index (κ3) is 5.82. The molecule has 0 bridgehead atoms. The molecule has 2 N–H and O–H groups in total. The Morgan fingerprint density at radius 1 is 1.15 bits per heavy atom. The van der Waals surface area contributed by atoms with E-state index in [9.17, 15) is 13.6 Å². The smallest absolute Gasteiger partial charge is 0.255 e. The molecule has 6 nitrogen and oxygen atoms in total. The number of ether oxygens (including phenoxy) is 1. The average Bonchev–Trinajstić information content (AvgIpc) is 3.34. The number of amides is 1. The Morgan fingerprint density at radius 2 is 1.88 bits per heavy atom.